The van der Waals surface area contributed by atoms with Gasteiger partial charge in [-0.1, -0.05) is 18.2 Å². The van der Waals surface area contributed by atoms with Gasteiger partial charge in [-0.3, -0.25) is 9.59 Å². The smallest absolute Gasteiger partial charge is 0.380 e. The molecule has 1 atom stereocenters. The average molecular weight is 566 g/mol. The molecule has 2 aromatic carbocycles. The number of nitrogens with one attached hydrogen (secondary N) is 1. The van der Waals surface area contributed by atoms with Crippen molar-refractivity contribution in [2.75, 3.05) is 24.8 Å². The minimum absolute atomic E-state index is 0.0333. The van der Waals surface area contributed by atoms with Crippen LogP contribution in [0, 0.1) is 5.92 Å². The molecule has 2 aliphatic heterocycles. The molecule has 0 bridgehead atoms. The molecule has 0 aromatic heterocycles. The van der Waals surface area contributed by atoms with Crippen LogP contribution < -0.4 is 5.32 Å². The van der Waals surface area contributed by atoms with Gasteiger partial charge in [-0.05, 0) is 35.4 Å². The maximum absolute atomic E-state index is 13.2. The van der Waals surface area contributed by atoms with Gasteiger partial charge in [0.05, 0.1) is 24.0 Å². The molecule has 1 fully saturated rings. The number of rotatable bonds is 5. The minimum atomic E-state index is -6.07. The number of fused-ring (bicyclic) bond motifs is 1. The van der Waals surface area contributed by atoms with Crippen LogP contribution >= 0.6 is 0 Å². The van der Waals surface area contributed by atoms with Crippen molar-refractivity contribution in [2.24, 2.45) is 5.92 Å². The van der Waals surface area contributed by atoms with Crippen LogP contribution in [-0.2, 0) is 36.3 Å². The molecule has 0 spiro atoms. The van der Waals surface area contributed by atoms with Gasteiger partial charge in [0, 0.05) is 24.1 Å². The maximum atomic E-state index is 13.2. The lowest BCUT2D eigenvalue weighted by atomic mass is 9.92. The Morgan fingerprint density at radius 3 is 2.05 bits per heavy atom. The number of carbonyl (C=O) groups is 2. The summed E-state index contributed by atoms with van der Waals surface area (Å²) in [6, 6.07) is 4.98. The highest BCUT2D eigenvalue weighted by Crippen LogP contribution is 2.50. The molecule has 38 heavy (non-hydrogen) atoms. The first kappa shape index (κ1) is 27.9. The number of halogens is 6. The number of carbonyl (C=O) groups excluding carboxylic acids is 2. The van der Waals surface area contributed by atoms with Crippen LogP contribution in [0.3, 0.4) is 0 Å². The number of hydrogen-bond acceptors (Lipinski definition) is 6. The molecule has 2 heterocycles. The first-order valence-corrected chi connectivity index (χ1v) is 12.8. The number of ether oxygens (including phenoxy) is 1. The fraction of sp³-hybridized carbons (Fsp3) is 0.391. The fourth-order valence-electron chi connectivity index (χ4n) is 4.25. The van der Waals surface area contributed by atoms with Gasteiger partial charge in [0.1, 0.15) is 6.04 Å². The van der Waals surface area contributed by atoms with Crippen LogP contribution in [0.2, 0.25) is 0 Å². The van der Waals surface area contributed by atoms with E-state index in [0.717, 1.165) is 18.4 Å². The van der Waals surface area contributed by atoms with Gasteiger partial charge < -0.3 is 20.1 Å². The highest BCUT2D eigenvalue weighted by Gasteiger charge is 2.71. The summed E-state index contributed by atoms with van der Waals surface area (Å²) in [6.07, 6.45) is -11.1. The third kappa shape index (κ3) is 4.73. The molecule has 1 unspecified atom stereocenters. The quantitative estimate of drug-likeness (QED) is 0.538. The van der Waals surface area contributed by atoms with Crippen molar-refractivity contribution in [1.82, 2.24) is 4.90 Å². The summed E-state index contributed by atoms with van der Waals surface area (Å²) in [6.45, 7) is 0.143. The van der Waals surface area contributed by atoms with Gasteiger partial charge in [-0.25, -0.2) is 8.42 Å². The monoisotopic (exact) mass is 566 g/mol. The number of benzene rings is 2. The number of alkyl halides is 6. The molecule has 0 saturated carbocycles. The molecular formula is C23H20F6N2O6S. The molecule has 2 N–H and O–H groups in total. The predicted molar refractivity (Wildman–Crippen MR) is 118 cm³/mol. The molecule has 15 heteroatoms. The SMILES string of the molecule is CS(=O)(=O)c1ccc2c(c1)CN(C(=O)C1COC1)C2C(=O)Nc1ccc(C(O)(C(F)(F)F)C(F)(F)F)cc1. The van der Waals surface area contributed by atoms with Crippen LogP contribution in [0.4, 0.5) is 32.0 Å². The normalized spacial score (nSPS) is 18.6. The Morgan fingerprint density at radius 2 is 1.58 bits per heavy atom. The zero-order valence-electron chi connectivity index (χ0n) is 19.4. The molecule has 0 aliphatic carbocycles. The Hall–Kier alpha value is -3.17. The van der Waals surface area contributed by atoms with E-state index in [2.05, 4.69) is 5.32 Å². The van der Waals surface area contributed by atoms with Crippen LogP contribution in [0.5, 0.6) is 0 Å². The van der Waals surface area contributed by atoms with Crippen LogP contribution in [0.15, 0.2) is 47.4 Å². The van der Waals surface area contributed by atoms with E-state index in [0.29, 0.717) is 23.3 Å². The first-order valence-electron chi connectivity index (χ1n) is 10.9. The van der Waals surface area contributed by atoms with Crippen molar-refractivity contribution in [3.63, 3.8) is 0 Å². The van der Waals surface area contributed by atoms with E-state index in [1.165, 1.54) is 23.1 Å². The summed E-state index contributed by atoms with van der Waals surface area (Å²) in [4.78, 5) is 27.4. The molecule has 1 saturated heterocycles. The molecular weight excluding hydrogens is 546 g/mol. The van der Waals surface area contributed by atoms with Gasteiger partial charge in [0.2, 0.25) is 5.91 Å². The minimum Gasteiger partial charge on any atom is -0.380 e. The van der Waals surface area contributed by atoms with E-state index in [9.17, 15) is 49.5 Å². The van der Waals surface area contributed by atoms with Crippen molar-refractivity contribution in [1.29, 1.82) is 0 Å². The summed E-state index contributed by atoms with van der Waals surface area (Å²) < 4.78 is 108. The lowest BCUT2D eigenvalue weighted by molar-refractivity contribution is -0.376. The van der Waals surface area contributed by atoms with Crippen LogP contribution in [0.25, 0.3) is 0 Å². The summed E-state index contributed by atoms with van der Waals surface area (Å²) in [5.41, 5.74) is -6.14. The third-order valence-electron chi connectivity index (χ3n) is 6.40. The van der Waals surface area contributed by atoms with E-state index in [4.69, 9.17) is 4.74 Å². The summed E-state index contributed by atoms with van der Waals surface area (Å²) >= 11 is 0. The van der Waals surface area contributed by atoms with Gasteiger partial charge >= 0.3 is 12.4 Å². The Kier molecular flexibility index (Phi) is 6.77. The zero-order chi connectivity index (χ0) is 28.3. The summed E-state index contributed by atoms with van der Waals surface area (Å²) in [5.74, 6) is -1.81. The molecule has 4 rings (SSSR count). The van der Waals surface area contributed by atoms with Gasteiger partial charge in [0.25, 0.3) is 11.5 Å². The number of hydrogen-bond donors (Lipinski definition) is 2. The second-order valence-electron chi connectivity index (χ2n) is 9.01. The molecule has 2 aliphatic rings. The topological polar surface area (TPSA) is 113 Å². The van der Waals surface area contributed by atoms with Crippen LogP contribution in [0.1, 0.15) is 22.7 Å². The van der Waals surface area contributed by atoms with E-state index < -0.39 is 57.1 Å². The van der Waals surface area contributed by atoms with Crippen LogP contribution in [-0.4, -0.2) is 62.1 Å². The molecule has 206 valence electrons. The lowest BCUT2D eigenvalue weighted by Crippen LogP contribution is -2.53. The first-order chi connectivity index (χ1) is 17.4. The summed E-state index contributed by atoms with van der Waals surface area (Å²) in [5, 5.41) is 11.9. The Bertz CT molecular complexity index is 1360. The van der Waals surface area contributed by atoms with E-state index in [1.807, 2.05) is 0 Å². The Balaban J connectivity index is 1.64. The molecule has 8 nitrogen and oxygen atoms in total. The molecule has 0 radical (unpaired) electrons. The lowest BCUT2D eigenvalue weighted by Gasteiger charge is -2.33. The van der Waals surface area contributed by atoms with Crippen molar-refractivity contribution < 1.29 is 54.2 Å². The number of anilines is 1. The Labute approximate surface area is 212 Å². The number of sulfone groups is 1. The van der Waals surface area contributed by atoms with E-state index in [1.54, 1.807) is 0 Å². The zero-order valence-corrected chi connectivity index (χ0v) is 20.2. The molecule has 2 amide bonds. The highest BCUT2D eigenvalue weighted by atomic mass is 32.2. The average Bonchev–Trinajstić information content (AvgIpc) is 3.15. The highest BCUT2D eigenvalue weighted by molar-refractivity contribution is 7.90. The van der Waals surface area contributed by atoms with E-state index in [-0.39, 0.29) is 30.3 Å². The predicted octanol–water partition coefficient (Wildman–Crippen LogP) is 3.07. The van der Waals surface area contributed by atoms with Crippen molar-refractivity contribution in [2.45, 2.75) is 35.4 Å². The standard InChI is InChI=1S/C23H20F6N2O6S/c1-38(35,36)16-6-7-17-12(8-16)9-31(20(33)13-10-37-11-13)18(17)19(32)30-15-4-2-14(3-5-15)21(34,22(24,25)26)23(27,28)29/h2-8,13,18,34H,9-11H2,1H3,(H,30,32). The Morgan fingerprint density at radius 1 is 1.00 bits per heavy atom. The second kappa shape index (κ2) is 9.24. The van der Waals surface area contributed by atoms with Crippen molar-refractivity contribution >= 4 is 27.3 Å². The number of aliphatic hydroxyl groups is 1. The van der Waals surface area contributed by atoms with Crippen molar-refractivity contribution in [3.8, 4) is 0 Å². The molecule has 2 aromatic rings. The van der Waals surface area contributed by atoms with Gasteiger partial charge in [-0.15, -0.1) is 0 Å². The van der Waals surface area contributed by atoms with E-state index >= 15 is 0 Å². The van der Waals surface area contributed by atoms with Crippen molar-refractivity contribution in [3.05, 3.63) is 59.2 Å². The maximum Gasteiger partial charge on any atom is 0.430 e. The second-order valence-corrected chi connectivity index (χ2v) is 11.0. The van der Waals surface area contributed by atoms with Gasteiger partial charge in [-0.2, -0.15) is 26.3 Å². The van der Waals surface area contributed by atoms with Gasteiger partial charge in [0.15, 0.2) is 9.84 Å². The fourth-order valence-corrected chi connectivity index (χ4v) is 4.92. The largest absolute Gasteiger partial charge is 0.430 e. The third-order valence-corrected chi connectivity index (χ3v) is 7.51. The number of nitrogens with zero attached hydrogens (tertiary/aromatic N) is 1. The summed E-state index contributed by atoms with van der Waals surface area (Å²) in [7, 11) is -3.60. The number of amides is 2.